The smallest absolute Gasteiger partial charge is 0.260 e. The highest BCUT2D eigenvalue weighted by Gasteiger charge is 2.40. The lowest BCUT2D eigenvalue weighted by Gasteiger charge is -2.33. The van der Waals surface area contributed by atoms with E-state index in [1.807, 2.05) is 52.0 Å². The van der Waals surface area contributed by atoms with E-state index in [0.29, 0.717) is 38.2 Å². The molecule has 7 heteroatoms. The number of nitrogens with zero attached hydrogens (tertiary/aromatic N) is 2. The first kappa shape index (κ1) is 22.1. The van der Waals surface area contributed by atoms with Crippen molar-refractivity contribution >= 4 is 17.7 Å². The topological polar surface area (TPSA) is 79.0 Å². The van der Waals surface area contributed by atoms with Crippen molar-refractivity contribution < 1.29 is 19.1 Å². The molecule has 30 heavy (non-hydrogen) atoms. The second-order valence-corrected chi connectivity index (χ2v) is 9.34. The van der Waals surface area contributed by atoms with Crippen LogP contribution in [0.25, 0.3) is 0 Å². The molecular formula is C23H33N3O4. The first-order chi connectivity index (χ1) is 14.1. The van der Waals surface area contributed by atoms with Crippen molar-refractivity contribution in [2.75, 3.05) is 26.2 Å². The summed E-state index contributed by atoms with van der Waals surface area (Å²) in [5, 5.41) is 3.09. The fraction of sp³-hybridized carbons (Fsp3) is 0.609. The Kier molecular flexibility index (Phi) is 6.68. The van der Waals surface area contributed by atoms with Crippen LogP contribution in [0.1, 0.15) is 45.6 Å². The van der Waals surface area contributed by atoms with E-state index in [1.165, 1.54) is 0 Å². The normalized spacial score (nSPS) is 20.4. The number of hydrogen-bond acceptors (Lipinski definition) is 4. The molecule has 1 aromatic rings. The third-order valence-electron chi connectivity index (χ3n) is 5.88. The molecule has 1 N–H and O–H groups in total. The molecule has 2 heterocycles. The van der Waals surface area contributed by atoms with Gasteiger partial charge in [0.25, 0.3) is 5.91 Å². The number of likely N-dealkylation sites (tertiary alicyclic amines) is 2. The molecule has 2 fully saturated rings. The molecule has 0 saturated carbocycles. The van der Waals surface area contributed by atoms with Gasteiger partial charge in [-0.2, -0.15) is 0 Å². The molecule has 3 rings (SSSR count). The maximum atomic E-state index is 12.6. The molecule has 3 amide bonds. The largest absolute Gasteiger partial charge is 0.484 e. The van der Waals surface area contributed by atoms with Gasteiger partial charge in [0.05, 0.1) is 5.92 Å². The van der Waals surface area contributed by atoms with Crippen LogP contribution in [0, 0.1) is 12.8 Å². The number of aryl methyl sites for hydroxylation is 1. The lowest BCUT2D eigenvalue weighted by molar-refractivity contribution is -0.135. The van der Waals surface area contributed by atoms with Gasteiger partial charge in [0.1, 0.15) is 5.75 Å². The maximum Gasteiger partial charge on any atom is 0.260 e. The number of nitrogens with one attached hydrogen (secondary N) is 1. The van der Waals surface area contributed by atoms with Gasteiger partial charge in [-0.05, 0) is 52.7 Å². The van der Waals surface area contributed by atoms with Crippen molar-refractivity contribution in [1.82, 2.24) is 15.1 Å². The van der Waals surface area contributed by atoms with Gasteiger partial charge in [0.15, 0.2) is 6.61 Å². The van der Waals surface area contributed by atoms with Crippen molar-refractivity contribution in [3.05, 3.63) is 29.8 Å². The molecule has 2 aliphatic heterocycles. The average molecular weight is 416 g/mol. The zero-order chi connectivity index (χ0) is 21.9. The average Bonchev–Trinajstić information content (AvgIpc) is 3.10. The van der Waals surface area contributed by atoms with Crippen LogP contribution >= 0.6 is 0 Å². The summed E-state index contributed by atoms with van der Waals surface area (Å²) in [6, 6.07) is 7.66. The Hall–Kier alpha value is -2.57. The summed E-state index contributed by atoms with van der Waals surface area (Å²) in [5.41, 5.74) is 0.879. The summed E-state index contributed by atoms with van der Waals surface area (Å²) < 4.78 is 5.58. The summed E-state index contributed by atoms with van der Waals surface area (Å²) in [4.78, 5) is 40.8. The molecule has 7 nitrogen and oxygen atoms in total. The van der Waals surface area contributed by atoms with Gasteiger partial charge in [-0.15, -0.1) is 0 Å². The number of benzene rings is 1. The van der Waals surface area contributed by atoms with Crippen LogP contribution in [0.2, 0.25) is 0 Å². The molecule has 0 spiro atoms. The van der Waals surface area contributed by atoms with Gasteiger partial charge in [-0.1, -0.05) is 17.7 Å². The second kappa shape index (κ2) is 9.06. The van der Waals surface area contributed by atoms with Crippen molar-refractivity contribution in [1.29, 1.82) is 0 Å². The third-order valence-corrected chi connectivity index (χ3v) is 5.88. The molecule has 2 saturated heterocycles. The fourth-order valence-corrected chi connectivity index (χ4v) is 3.99. The summed E-state index contributed by atoms with van der Waals surface area (Å²) in [6.07, 6.45) is 1.70. The highest BCUT2D eigenvalue weighted by Crippen LogP contribution is 2.26. The van der Waals surface area contributed by atoms with E-state index in [-0.39, 0.29) is 48.2 Å². The van der Waals surface area contributed by atoms with Gasteiger partial charge in [-0.25, -0.2) is 0 Å². The van der Waals surface area contributed by atoms with Crippen LogP contribution in [-0.4, -0.2) is 65.3 Å². The molecule has 2 aliphatic rings. The number of hydrogen-bond donors (Lipinski definition) is 1. The number of carbonyl (C=O) groups excluding carboxylic acids is 3. The number of amides is 3. The minimum absolute atomic E-state index is 0.0207. The van der Waals surface area contributed by atoms with Crippen molar-refractivity contribution in [3.63, 3.8) is 0 Å². The Balaban J connectivity index is 1.41. The Bertz CT molecular complexity index is 777. The van der Waals surface area contributed by atoms with Crippen LogP contribution in [0.4, 0.5) is 0 Å². The number of carbonyl (C=O) groups is 3. The minimum Gasteiger partial charge on any atom is -0.484 e. The molecule has 1 unspecified atom stereocenters. The molecule has 164 valence electrons. The van der Waals surface area contributed by atoms with Crippen LogP contribution in [0.3, 0.4) is 0 Å². The van der Waals surface area contributed by atoms with E-state index >= 15 is 0 Å². The Labute approximate surface area is 178 Å². The van der Waals surface area contributed by atoms with E-state index in [1.54, 1.807) is 9.80 Å². The molecule has 1 atom stereocenters. The SMILES string of the molecule is Cc1ccc(OCC(=O)N2CCC(NC(=O)C3CC(=O)N(C(C)(C)C)C3)CC2)cc1. The fourth-order valence-electron chi connectivity index (χ4n) is 3.99. The lowest BCUT2D eigenvalue weighted by atomic mass is 10.0. The van der Waals surface area contributed by atoms with Crippen molar-refractivity contribution in [2.24, 2.45) is 5.92 Å². The zero-order valence-corrected chi connectivity index (χ0v) is 18.4. The standard InChI is InChI=1S/C23H33N3O4/c1-16-5-7-19(8-6-16)30-15-21(28)25-11-9-18(10-12-25)24-22(29)17-13-20(27)26(14-17)23(2,3)4/h5-8,17-18H,9-15H2,1-4H3,(H,24,29). The molecule has 0 aromatic heterocycles. The maximum absolute atomic E-state index is 12.6. The highest BCUT2D eigenvalue weighted by molar-refractivity contribution is 5.89. The highest BCUT2D eigenvalue weighted by atomic mass is 16.5. The van der Waals surface area contributed by atoms with Crippen LogP contribution < -0.4 is 10.1 Å². The van der Waals surface area contributed by atoms with E-state index in [2.05, 4.69) is 5.32 Å². The molecular weight excluding hydrogens is 382 g/mol. The van der Waals surface area contributed by atoms with E-state index in [9.17, 15) is 14.4 Å². The van der Waals surface area contributed by atoms with Crippen LogP contribution in [0.5, 0.6) is 5.75 Å². The summed E-state index contributed by atoms with van der Waals surface area (Å²) in [6.45, 7) is 9.65. The quantitative estimate of drug-likeness (QED) is 0.799. The van der Waals surface area contributed by atoms with Gasteiger partial charge in [0, 0.05) is 37.6 Å². The predicted molar refractivity (Wildman–Crippen MR) is 114 cm³/mol. The number of piperidine rings is 1. The van der Waals surface area contributed by atoms with Crippen LogP contribution in [-0.2, 0) is 14.4 Å². The van der Waals surface area contributed by atoms with Gasteiger partial charge >= 0.3 is 0 Å². The zero-order valence-electron chi connectivity index (χ0n) is 18.4. The second-order valence-electron chi connectivity index (χ2n) is 9.34. The number of ether oxygens (including phenoxy) is 1. The van der Waals surface area contributed by atoms with E-state index < -0.39 is 0 Å². The van der Waals surface area contributed by atoms with Crippen molar-refractivity contribution in [3.8, 4) is 5.75 Å². The third kappa shape index (κ3) is 5.52. The van der Waals surface area contributed by atoms with Crippen LogP contribution in [0.15, 0.2) is 24.3 Å². The lowest BCUT2D eigenvalue weighted by Crippen LogP contribution is -2.49. The van der Waals surface area contributed by atoms with E-state index in [0.717, 1.165) is 5.56 Å². The van der Waals surface area contributed by atoms with Gasteiger partial charge in [0.2, 0.25) is 11.8 Å². The van der Waals surface area contributed by atoms with E-state index in [4.69, 9.17) is 4.74 Å². The monoisotopic (exact) mass is 415 g/mol. The van der Waals surface area contributed by atoms with Crippen molar-refractivity contribution in [2.45, 2.75) is 58.5 Å². The first-order valence-corrected chi connectivity index (χ1v) is 10.7. The molecule has 0 bridgehead atoms. The summed E-state index contributed by atoms with van der Waals surface area (Å²) in [7, 11) is 0. The summed E-state index contributed by atoms with van der Waals surface area (Å²) in [5.74, 6) is 0.340. The summed E-state index contributed by atoms with van der Waals surface area (Å²) >= 11 is 0. The predicted octanol–water partition coefficient (Wildman–Crippen LogP) is 2.13. The van der Waals surface area contributed by atoms with Gasteiger partial charge in [-0.3, -0.25) is 14.4 Å². The first-order valence-electron chi connectivity index (χ1n) is 10.7. The van der Waals surface area contributed by atoms with Gasteiger partial charge < -0.3 is 19.9 Å². The Morgan fingerprint density at radius 1 is 1.13 bits per heavy atom. The molecule has 0 radical (unpaired) electrons. The Morgan fingerprint density at radius 3 is 2.33 bits per heavy atom. The Morgan fingerprint density at radius 2 is 1.77 bits per heavy atom. The molecule has 0 aliphatic carbocycles. The number of rotatable bonds is 5. The minimum atomic E-state index is -0.292. The molecule has 1 aromatic carbocycles.